The number of fused-ring (bicyclic) bond motifs is 6. The van der Waals surface area contributed by atoms with E-state index in [1.54, 1.807) is 25.3 Å². The SMILES string of the molecule is COc1ccc(Cl)cc1NC(=O)[C@]12CC[C@@](C)(c3nc4ccccc4nc31)C2(C)C. The van der Waals surface area contributed by atoms with Gasteiger partial charge in [0.25, 0.3) is 0 Å². The van der Waals surface area contributed by atoms with E-state index in [0.29, 0.717) is 16.5 Å². The van der Waals surface area contributed by atoms with Gasteiger partial charge < -0.3 is 10.1 Å². The summed E-state index contributed by atoms with van der Waals surface area (Å²) in [5.74, 6) is 0.491. The standard InChI is InChI=1S/C24H24ClN3O2/c1-22(2)23(3)11-12-24(22,20-19(23)26-15-7-5-6-8-16(15)27-20)21(29)28-17-13-14(25)9-10-18(17)30-4/h5-10,13H,11-12H2,1-4H3,(H,28,29)/t23-,24-/m0/s1. The highest BCUT2D eigenvalue weighted by Crippen LogP contribution is 2.70. The number of rotatable bonds is 3. The molecular weight excluding hydrogens is 398 g/mol. The summed E-state index contributed by atoms with van der Waals surface area (Å²) in [6.45, 7) is 6.56. The second-order valence-corrected chi connectivity index (χ2v) is 9.51. The van der Waals surface area contributed by atoms with Gasteiger partial charge >= 0.3 is 0 Å². The quantitative estimate of drug-likeness (QED) is 0.626. The summed E-state index contributed by atoms with van der Waals surface area (Å²) in [6.07, 6.45) is 1.62. The van der Waals surface area contributed by atoms with Crippen molar-refractivity contribution in [2.45, 2.75) is 44.4 Å². The van der Waals surface area contributed by atoms with Crippen LogP contribution >= 0.6 is 11.6 Å². The fourth-order valence-electron chi connectivity index (χ4n) is 5.56. The van der Waals surface area contributed by atoms with Crippen molar-refractivity contribution in [3.63, 3.8) is 0 Å². The maximum Gasteiger partial charge on any atom is 0.237 e. The van der Waals surface area contributed by atoms with E-state index in [9.17, 15) is 4.79 Å². The number of hydrogen-bond acceptors (Lipinski definition) is 4. The molecule has 5 rings (SSSR count). The third-order valence-electron chi connectivity index (χ3n) is 7.74. The fraction of sp³-hybridized carbons (Fsp3) is 0.375. The molecular formula is C24H24ClN3O2. The number of amides is 1. The largest absolute Gasteiger partial charge is 0.495 e. The zero-order valence-electron chi connectivity index (χ0n) is 17.5. The summed E-state index contributed by atoms with van der Waals surface area (Å²) < 4.78 is 5.44. The average Bonchev–Trinajstić information content (AvgIpc) is 3.02. The fourth-order valence-corrected chi connectivity index (χ4v) is 5.73. The number of hydrogen-bond donors (Lipinski definition) is 1. The highest BCUT2D eigenvalue weighted by Gasteiger charge is 2.73. The maximum absolute atomic E-state index is 14.0. The molecule has 2 aliphatic rings. The van der Waals surface area contributed by atoms with E-state index in [2.05, 4.69) is 26.1 Å². The Hall–Kier alpha value is -2.66. The zero-order valence-corrected chi connectivity index (χ0v) is 18.3. The maximum atomic E-state index is 14.0. The Bertz CT molecular complexity index is 1210. The molecule has 1 aromatic heterocycles. The van der Waals surface area contributed by atoms with Gasteiger partial charge in [-0.2, -0.15) is 0 Å². The summed E-state index contributed by atoms with van der Waals surface area (Å²) in [6, 6.07) is 13.1. The molecule has 1 fully saturated rings. The van der Waals surface area contributed by atoms with Crippen LogP contribution < -0.4 is 10.1 Å². The number of nitrogens with one attached hydrogen (secondary N) is 1. The highest BCUT2D eigenvalue weighted by molar-refractivity contribution is 6.31. The molecule has 0 aliphatic heterocycles. The van der Waals surface area contributed by atoms with Crippen LogP contribution in [0.2, 0.25) is 5.02 Å². The number of halogens is 1. The molecule has 2 aliphatic carbocycles. The number of benzene rings is 2. The van der Waals surface area contributed by atoms with E-state index in [-0.39, 0.29) is 16.7 Å². The van der Waals surface area contributed by atoms with Crippen LogP contribution in [0.1, 0.15) is 45.0 Å². The predicted octanol–water partition coefficient (Wildman–Crippen LogP) is 5.26. The van der Waals surface area contributed by atoms with Crippen molar-refractivity contribution in [2.75, 3.05) is 12.4 Å². The van der Waals surface area contributed by atoms with Crippen LogP contribution in [-0.2, 0) is 15.6 Å². The minimum Gasteiger partial charge on any atom is -0.495 e. The summed E-state index contributed by atoms with van der Waals surface area (Å²) in [5.41, 5.74) is 2.65. The predicted molar refractivity (Wildman–Crippen MR) is 118 cm³/mol. The van der Waals surface area contributed by atoms with Crippen LogP contribution in [0.25, 0.3) is 11.0 Å². The van der Waals surface area contributed by atoms with Gasteiger partial charge in [0.1, 0.15) is 5.75 Å². The first-order valence-corrected chi connectivity index (χ1v) is 10.6. The smallest absolute Gasteiger partial charge is 0.237 e. The van der Waals surface area contributed by atoms with Crippen LogP contribution in [0.15, 0.2) is 42.5 Å². The first kappa shape index (κ1) is 19.3. The van der Waals surface area contributed by atoms with Crippen molar-refractivity contribution >= 4 is 34.2 Å². The van der Waals surface area contributed by atoms with Gasteiger partial charge in [-0.05, 0) is 48.6 Å². The molecule has 0 unspecified atom stereocenters. The summed E-state index contributed by atoms with van der Waals surface area (Å²) in [4.78, 5) is 23.9. The lowest BCUT2D eigenvalue weighted by molar-refractivity contribution is -0.125. The van der Waals surface area contributed by atoms with Gasteiger partial charge in [-0.3, -0.25) is 4.79 Å². The van der Waals surface area contributed by atoms with E-state index < -0.39 is 5.41 Å². The van der Waals surface area contributed by atoms with E-state index >= 15 is 0 Å². The van der Waals surface area contributed by atoms with Crippen molar-refractivity contribution in [3.8, 4) is 5.75 Å². The molecule has 1 N–H and O–H groups in total. The number of ether oxygens (including phenoxy) is 1. The first-order chi connectivity index (χ1) is 14.2. The Kier molecular flexibility index (Phi) is 3.97. The third kappa shape index (κ3) is 2.21. The van der Waals surface area contributed by atoms with Crippen LogP contribution in [-0.4, -0.2) is 23.0 Å². The van der Waals surface area contributed by atoms with E-state index in [0.717, 1.165) is 35.3 Å². The minimum absolute atomic E-state index is 0.0832. The highest BCUT2D eigenvalue weighted by atomic mass is 35.5. The number of aromatic nitrogens is 2. The number of methoxy groups -OCH3 is 1. The summed E-state index contributed by atoms with van der Waals surface area (Å²) >= 11 is 6.19. The van der Waals surface area contributed by atoms with E-state index in [1.807, 2.05) is 24.3 Å². The zero-order chi connectivity index (χ0) is 21.3. The Labute approximate surface area is 180 Å². The molecule has 2 aromatic carbocycles. The van der Waals surface area contributed by atoms with Gasteiger partial charge in [0.2, 0.25) is 5.91 Å². The summed E-state index contributed by atoms with van der Waals surface area (Å²) in [7, 11) is 1.58. The van der Waals surface area contributed by atoms with Crippen LogP contribution in [0.4, 0.5) is 5.69 Å². The molecule has 5 nitrogen and oxygen atoms in total. The second kappa shape index (κ2) is 6.17. The van der Waals surface area contributed by atoms with Crippen LogP contribution in [0.3, 0.4) is 0 Å². The van der Waals surface area contributed by atoms with Gasteiger partial charge in [0, 0.05) is 10.4 Å². The minimum atomic E-state index is -0.776. The van der Waals surface area contributed by atoms with Gasteiger partial charge in [-0.25, -0.2) is 9.97 Å². The van der Waals surface area contributed by atoms with Crippen molar-refractivity contribution in [2.24, 2.45) is 5.41 Å². The lowest BCUT2D eigenvalue weighted by atomic mass is 9.63. The molecule has 0 spiro atoms. The molecule has 2 bridgehead atoms. The second-order valence-electron chi connectivity index (χ2n) is 9.07. The van der Waals surface area contributed by atoms with Crippen molar-refractivity contribution < 1.29 is 9.53 Å². The first-order valence-electron chi connectivity index (χ1n) is 10.2. The molecule has 3 aromatic rings. The van der Waals surface area contributed by atoms with Gasteiger partial charge in [-0.15, -0.1) is 0 Å². The molecule has 1 amide bonds. The molecule has 0 saturated heterocycles. The Morgan fingerprint density at radius 2 is 1.70 bits per heavy atom. The molecule has 30 heavy (non-hydrogen) atoms. The lowest BCUT2D eigenvalue weighted by Crippen LogP contribution is -2.48. The van der Waals surface area contributed by atoms with Gasteiger partial charge in [0.15, 0.2) is 0 Å². The number of carbonyl (C=O) groups excluding carboxylic acids is 1. The van der Waals surface area contributed by atoms with Crippen LogP contribution in [0.5, 0.6) is 5.75 Å². The monoisotopic (exact) mass is 421 g/mol. The van der Waals surface area contributed by atoms with Crippen molar-refractivity contribution in [1.29, 1.82) is 0 Å². The molecule has 1 saturated carbocycles. The van der Waals surface area contributed by atoms with Crippen molar-refractivity contribution in [1.82, 2.24) is 9.97 Å². The number of nitrogens with zero attached hydrogens (tertiary/aromatic N) is 2. The average molecular weight is 422 g/mol. The van der Waals surface area contributed by atoms with Crippen molar-refractivity contribution in [3.05, 3.63) is 58.9 Å². The number of para-hydroxylation sites is 2. The molecule has 1 heterocycles. The Balaban J connectivity index is 1.69. The van der Waals surface area contributed by atoms with Gasteiger partial charge in [0.05, 0.1) is 40.6 Å². The normalized spacial score (nSPS) is 25.9. The molecule has 154 valence electrons. The van der Waals surface area contributed by atoms with Gasteiger partial charge in [-0.1, -0.05) is 44.5 Å². The molecule has 0 radical (unpaired) electrons. The van der Waals surface area contributed by atoms with E-state index in [4.69, 9.17) is 26.3 Å². The molecule has 6 heteroatoms. The Morgan fingerprint density at radius 3 is 2.37 bits per heavy atom. The topological polar surface area (TPSA) is 64.1 Å². The van der Waals surface area contributed by atoms with E-state index in [1.165, 1.54) is 0 Å². The Morgan fingerprint density at radius 1 is 1.03 bits per heavy atom. The summed E-state index contributed by atoms with van der Waals surface area (Å²) in [5, 5.41) is 3.65. The van der Waals surface area contributed by atoms with Crippen LogP contribution in [0, 0.1) is 5.41 Å². The lowest BCUT2D eigenvalue weighted by Gasteiger charge is -2.39. The number of anilines is 1. The number of carbonyl (C=O) groups is 1. The third-order valence-corrected chi connectivity index (χ3v) is 7.98. The molecule has 2 atom stereocenters.